The Morgan fingerprint density at radius 3 is 2.66 bits per heavy atom. The number of nitrogens with one attached hydrogen (secondary N) is 1. The summed E-state index contributed by atoms with van der Waals surface area (Å²) in [5.74, 6) is 0.696. The highest BCUT2D eigenvalue weighted by Gasteiger charge is 2.06. The maximum Gasteiger partial charge on any atom is 0.261 e. The largest absolute Gasteiger partial charge is 0.492 e. The molecule has 7 nitrogen and oxygen atoms in total. The minimum atomic E-state index is -0.131. The zero-order valence-corrected chi connectivity index (χ0v) is 16.8. The number of fused-ring (bicyclic) bond motifs is 1. The van der Waals surface area contributed by atoms with E-state index in [-0.39, 0.29) is 17.9 Å². The molecule has 0 spiro atoms. The van der Waals surface area contributed by atoms with Gasteiger partial charge in [-0.1, -0.05) is 24.3 Å². The standard InChI is InChI=1S/C22H26N4O3/c1-25(2)13-14-29-18-9-7-17(8-10-18)15-23-21(27)11-12-26-16-24-20-6-4-3-5-19(20)22(26)28/h3-10,16H,11-15H2,1-2H3,(H,23,27). The third kappa shape index (κ3) is 5.89. The molecule has 1 amide bonds. The van der Waals surface area contributed by atoms with Gasteiger partial charge in [-0.2, -0.15) is 0 Å². The van der Waals surface area contributed by atoms with Gasteiger partial charge < -0.3 is 15.0 Å². The number of carbonyl (C=O) groups excluding carboxylic acids is 1. The molecule has 2 aromatic carbocycles. The number of benzene rings is 2. The first-order valence-corrected chi connectivity index (χ1v) is 9.60. The number of hydrogen-bond acceptors (Lipinski definition) is 5. The van der Waals surface area contributed by atoms with Crippen molar-refractivity contribution in [3.63, 3.8) is 0 Å². The van der Waals surface area contributed by atoms with E-state index in [0.29, 0.717) is 30.6 Å². The lowest BCUT2D eigenvalue weighted by molar-refractivity contribution is -0.121. The molecule has 0 saturated carbocycles. The number of hydrogen-bond donors (Lipinski definition) is 1. The van der Waals surface area contributed by atoms with E-state index in [2.05, 4.69) is 15.2 Å². The Morgan fingerprint density at radius 1 is 1.14 bits per heavy atom. The van der Waals surface area contributed by atoms with Gasteiger partial charge in [0.1, 0.15) is 12.4 Å². The number of ether oxygens (including phenoxy) is 1. The summed E-state index contributed by atoms with van der Waals surface area (Å²) in [6.45, 7) is 2.21. The molecule has 3 rings (SSSR count). The van der Waals surface area contributed by atoms with Gasteiger partial charge in [0.2, 0.25) is 5.91 Å². The molecule has 0 fully saturated rings. The molecule has 7 heteroatoms. The second-order valence-electron chi connectivity index (χ2n) is 7.08. The zero-order chi connectivity index (χ0) is 20.6. The van der Waals surface area contributed by atoms with Crippen LogP contribution in [0.2, 0.25) is 0 Å². The highest BCUT2D eigenvalue weighted by Crippen LogP contribution is 2.12. The molecule has 0 aliphatic rings. The summed E-state index contributed by atoms with van der Waals surface area (Å²) in [4.78, 5) is 30.9. The van der Waals surface area contributed by atoms with Crippen molar-refractivity contribution in [3.8, 4) is 5.75 Å². The van der Waals surface area contributed by atoms with Crippen molar-refractivity contribution < 1.29 is 9.53 Å². The van der Waals surface area contributed by atoms with Crippen molar-refractivity contribution in [1.29, 1.82) is 0 Å². The third-order valence-corrected chi connectivity index (χ3v) is 4.53. The van der Waals surface area contributed by atoms with Crippen LogP contribution in [0.1, 0.15) is 12.0 Å². The summed E-state index contributed by atoms with van der Waals surface area (Å²) >= 11 is 0. The van der Waals surface area contributed by atoms with Gasteiger partial charge in [-0.3, -0.25) is 14.2 Å². The van der Waals surface area contributed by atoms with Crippen molar-refractivity contribution in [2.24, 2.45) is 0 Å². The van der Waals surface area contributed by atoms with Crippen LogP contribution >= 0.6 is 0 Å². The van der Waals surface area contributed by atoms with Gasteiger partial charge in [-0.15, -0.1) is 0 Å². The van der Waals surface area contributed by atoms with Crippen LogP contribution in [-0.2, 0) is 17.9 Å². The molecule has 3 aromatic rings. The van der Waals surface area contributed by atoms with Gasteiger partial charge >= 0.3 is 0 Å². The van der Waals surface area contributed by atoms with E-state index in [9.17, 15) is 9.59 Å². The average Bonchev–Trinajstić information content (AvgIpc) is 2.72. The van der Waals surface area contributed by atoms with E-state index in [1.165, 1.54) is 10.9 Å². The van der Waals surface area contributed by atoms with E-state index >= 15 is 0 Å². The molecule has 0 bridgehead atoms. The van der Waals surface area contributed by atoms with E-state index in [1.54, 1.807) is 18.2 Å². The van der Waals surface area contributed by atoms with Crippen LogP contribution < -0.4 is 15.6 Å². The lowest BCUT2D eigenvalue weighted by Crippen LogP contribution is -2.27. The summed E-state index contributed by atoms with van der Waals surface area (Å²) in [7, 11) is 4.00. The summed E-state index contributed by atoms with van der Waals surface area (Å²) in [6.07, 6.45) is 1.71. The lowest BCUT2D eigenvalue weighted by atomic mass is 10.2. The van der Waals surface area contributed by atoms with Crippen LogP contribution in [0.4, 0.5) is 0 Å². The first-order valence-electron chi connectivity index (χ1n) is 9.60. The minimum absolute atomic E-state index is 0.114. The molecule has 1 aromatic heterocycles. The Balaban J connectivity index is 1.47. The van der Waals surface area contributed by atoms with Gasteiger partial charge in [-0.05, 0) is 43.9 Å². The smallest absolute Gasteiger partial charge is 0.261 e. The Kier molecular flexibility index (Phi) is 6.97. The van der Waals surface area contributed by atoms with E-state index < -0.39 is 0 Å². The molecule has 0 radical (unpaired) electrons. The van der Waals surface area contributed by atoms with E-state index in [4.69, 9.17) is 4.74 Å². The normalized spacial score (nSPS) is 11.0. The maximum atomic E-state index is 12.4. The number of likely N-dealkylation sites (N-methyl/N-ethyl adjacent to an activating group) is 1. The molecule has 0 aliphatic carbocycles. The maximum absolute atomic E-state index is 12.4. The predicted octanol–water partition coefficient (Wildman–Crippen LogP) is 2.04. The van der Waals surface area contributed by atoms with Crippen LogP contribution in [0.3, 0.4) is 0 Å². The Labute approximate surface area is 169 Å². The van der Waals surface area contributed by atoms with E-state index in [1.807, 2.05) is 44.4 Å². The molecule has 0 saturated heterocycles. The lowest BCUT2D eigenvalue weighted by Gasteiger charge is -2.11. The van der Waals surface area contributed by atoms with Gasteiger partial charge in [0.15, 0.2) is 0 Å². The molecule has 152 valence electrons. The van der Waals surface area contributed by atoms with Crippen molar-refractivity contribution in [1.82, 2.24) is 19.8 Å². The molecular formula is C22H26N4O3. The monoisotopic (exact) mass is 394 g/mol. The second kappa shape index (κ2) is 9.84. The van der Waals surface area contributed by atoms with Crippen LogP contribution in [-0.4, -0.2) is 47.6 Å². The fraction of sp³-hybridized carbons (Fsp3) is 0.318. The van der Waals surface area contributed by atoms with Crippen LogP contribution in [0.25, 0.3) is 10.9 Å². The summed E-state index contributed by atoms with van der Waals surface area (Å²) in [6, 6.07) is 14.9. The quantitative estimate of drug-likeness (QED) is 0.601. The second-order valence-corrected chi connectivity index (χ2v) is 7.08. The SMILES string of the molecule is CN(C)CCOc1ccc(CNC(=O)CCn2cnc3ccccc3c2=O)cc1. The van der Waals surface area contributed by atoms with Crippen molar-refractivity contribution in [2.75, 3.05) is 27.2 Å². The summed E-state index contributed by atoms with van der Waals surface area (Å²) < 4.78 is 7.13. The highest BCUT2D eigenvalue weighted by atomic mass is 16.5. The summed E-state index contributed by atoms with van der Waals surface area (Å²) in [5, 5.41) is 3.44. The highest BCUT2D eigenvalue weighted by molar-refractivity contribution is 5.77. The van der Waals surface area contributed by atoms with Crippen molar-refractivity contribution >= 4 is 16.8 Å². The van der Waals surface area contributed by atoms with Gasteiger partial charge in [-0.25, -0.2) is 4.98 Å². The number of amides is 1. The number of nitrogens with zero attached hydrogens (tertiary/aromatic N) is 3. The molecule has 0 unspecified atom stereocenters. The fourth-order valence-corrected chi connectivity index (χ4v) is 2.83. The van der Waals surface area contributed by atoms with Gasteiger partial charge in [0, 0.05) is 26.1 Å². The number of para-hydroxylation sites is 1. The number of carbonyl (C=O) groups is 1. The molecule has 1 N–H and O–H groups in total. The molecule has 1 heterocycles. The fourth-order valence-electron chi connectivity index (χ4n) is 2.83. The third-order valence-electron chi connectivity index (χ3n) is 4.53. The van der Waals surface area contributed by atoms with Crippen molar-refractivity contribution in [2.45, 2.75) is 19.5 Å². The molecule has 29 heavy (non-hydrogen) atoms. The van der Waals surface area contributed by atoms with Crippen LogP contribution in [0, 0.1) is 0 Å². The molecule has 0 aliphatic heterocycles. The summed E-state index contributed by atoms with van der Waals surface area (Å²) in [5.41, 5.74) is 1.52. The first-order chi connectivity index (χ1) is 14.0. The topological polar surface area (TPSA) is 76.5 Å². The zero-order valence-electron chi connectivity index (χ0n) is 16.8. The molecule has 0 atom stereocenters. The van der Waals surface area contributed by atoms with Gasteiger partial charge in [0.25, 0.3) is 5.56 Å². The number of rotatable bonds is 9. The first kappa shape index (κ1) is 20.5. The predicted molar refractivity (Wildman–Crippen MR) is 113 cm³/mol. The Morgan fingerprint density at radius 2 is 1.90 bits per heavy atom. The average molecular weight is 394 g/mol. The minimum Gasteiger partial charge on any atom is -0.492 e. The van der Waals surface area contributed by atoms with Gasteiger partial charge in [0.05, 0.1) is 17.2 Å². The van der Waals surface area contributed by atoms with Crippen LogP contribution in [0.15, 0.2) is 59.7 Å². The molecular weight excluding hydrogens is 368 g/mol. The number of aryl methyl sites for hydroxylation is 1. The number of aromatic nitrogens is 2. The Hall–Kier alpha value is -3.19. The van der Waals surface area contributed by atoms with E-state index in [0.717, 1.165) is 17.9 Å². The van der Waals surface area contributed by atoms with Crippen molar-refractivity contribution in [3.05, 3.63) is 70.8 Å². The van der Waals surface area contributed by atoms with Crippen LogP contribution in [0.5, 0.6) is 5.75 Å². The Bertz CT molecular complexity index is 1010.